The number of benzene rings is 3. The maximum Gasteiger partial charge on any atom is 0.253 e. The normalized spacial score (nSPS) is 12.7. The van der Waals surface area contributed by atoms with Crippen molar-refractivity contribution in [2.75, 3.05) is 7.11 Å². The molecule has 0 aliphatic heterocycles. The fourth-order valence-electron chi connectivity index (χ4n) is 5.06. The van der Waals surface area contributed by atoms with E-state index in [-0.39, 0.29) is 5.56 Å². The number of nitrogens with one attached hydrogen (secondary N) is 1. The molecule has 1 N–H and O–H groups in total. The minimum absolute atomic E-state index is 0.156. The minimum atomic E-state index is -0.522. The van der Waals surface area contributed by atoms with Gasteiger partial charge in [0.05, 0.1) is 12.6 Å². The first-order valence-electron chi connectivity index (χ1n) is 13.5. The Kier molecular flexibility index (Phi) is 7.54. The average molecular weight is 537 g/mol. The molecule has 5 rings (SSSR count). The lowest BCUT2D eigenvalue weighted by Gasteiger charge is -2.33. The van der Waals surface area contributed by atoms with E-state index in [0.29, 0.717) is 24.5 Å². The molecule has 0 aliphatic rings. The van der Waals surface area contributed by atoms with Crippen molar-refractivity contribution < 1.29 is 4.74 Å². The number of tetrazole rings is 1. The summed E-state index contributed by atoms with van der Waals surface area (Å²) in [6.07, 6.45) is 0. The first-order chi connectivity index (χ1) is 19.1. The second-order valence-corrected chi connectivity index (χ2v) is 11.3. The smallest absolute Gasteiger partial charge is 0.253 e. The fourth-order valence-corrected chi connectivity index (χ4v) is 5.06. The van der Waals surface area contributed by atoms with Gasteiger partial charge in [-0.05, 0) is 103 Å². The Bertz CT molecular complexity index is 1670. The summed E-state index contributed by atoms with van der Waals surface area (Å²) in [5.41, 5.74) is 5.37. The molecule has 0 aliphatic carbocycles. The van der Waals surface area contributed by atoms with E-state index in [1.807, 2.05) is 47.1 Å². The van der Waals surface area contributed by atoms with E-state index in [2.05, 4.69) is 90.4 Å². The number of methoxy groups -OCH3 is 1. The predicted octanol–water partition coefficient (Wildman–Crippen LogP) is 5.69. The van der Waals surface area contributed by atoms with Crippen molar-refractivity contribution in [3.05, 3.63) is 117 Å². The van der Waals surface area contributed by atoms with Crippen molar-refractivity contribution in [1.29, 1.82) is 0 Å². The van der Waals surface area contributed by atoms with Crippen LogP contribution >= 0.6 is 0 Å². The van der Waals surface area contributed by atoms with Crippen molar-refractivity contribution in [3.8, 4) is 5.75 Å². The van der Waals surface area contributed by atoms with Gasteiger partial charge in [-0.1, -0.05) is 42.5 Å². The Labute approximate surface area is 234 Å². The molecule has 0 unspecified atom stereocenters. The SMILES string of the molecule is COc1ccc(CN(Cc2ccccc2)[C@@H](c2cc3cc(C)c(C)cc3[nH]c2=O)c2nnnn2C(C)(C)C)cc1. The molecule has 0 saturated carbocycles. The summed E-state index contributed by atoms with van der Waals surface area (Å²) in [4.78, 5) is 19.3. The van der Waals surface area contributed by atoms with Crippen molar-refractivity contribution >= 4 is 10.9 Å². The lowest BCUT2D eigenvalue weighted by atomic mass is 9.98. The van der Waals surface area contributed by atoms with E-state index in [1.165, 1.54) is 5.56 Å². The highest BCUT2D eigenvalue weighted by Crippen LogP contribution is 2.32. The number of ether oxygens (including phenoxy) is 1. The van der Waals surface area contributed by atoms with Gasteiger partial charge in [0.15, 0.2) is 5.82 Å². The van der Waals surface area contributed by atoms with Crippen LogP contribution in [0.3, 0.4) is 0 Å². The molecule has 206 valence electrons. The predicted molar refractivity (Wildman–Crippen MR) is 157 cm³/mol. The molecule has 0 saturated heterocycles. The van der Waals surface area contributed by atoms with Gasteiger partial charge in [-0.3, -0.25) is 9.69 Å². The van der Waals surface area contributed by atoms with Crippen LogP contribution in [0.15, 0.2) is 77.6 Å². The Morgan fingerprint density at radius 2 is 1.57 bits per heavy atom. The molecule has 2 heterocycles. The number of rotatable bonds is 8. The molecule has 0 radical (unpaired) electrons. The van der Waals surface area contributed by atoms with Crippen molar-refractivity contribution in [1.82, 2.24) is 30.1 Å². The summed E-state index contributed by atoms with van der Waals surface area (Å²) in [5, 5.41) is 14.0. The molecular weight excluding hydrogens is 500 g/mol. The number of fused-ring (bicyclic) bond motifs is 1. The van der Waals surface area contributed by atoms with Crippen LogP contribution in [0, 0.1) is 13.8 Å². The van der Waals surface area contributed by atoms with Crippen molar-refractivity contribution in [2.45, 2.75) is 59.3 Å². The second-order valence-electron chi connectivity index (χ2n) is 11.3. The monoisotopic (exact) mass is 536 g/mol. The molecule has 0 spiro atoms. The number of H-pyrrole nitrogens is 1. The van der Waals surface area contributed by atoms with E-state index < -0.39 is 11.6 Å². The van der Waals surface area contributed by atoms with Crippen LogP contribution in [0.1, 0.15) is 60.5 Å². The van der Waals surface area contributed by atoms with Gasteiger partial charge in [-0.25, -0.2) is 4.68 Å². The van der Waals surface area contributed by atoms with Gasteiger partial charge in [0.1, 0.15) is 11.8 Å². The highest BCUT2D eigenvalue weighted by atomic mass is 16.5. The van der Waals surface area contributed by atoms with E-state index in [1.54, 1.807) is 7.11 Å². The van der Waals surface area contributed by atoms with Gasteiger partial charge in [-0.15, -0.1) is 5.10 Å². The number of hydrogen-bond acceptors (Lipinski definition) is 6. The summed E-state index contributed by atoms with van der Waals surface area (Å²) in [5.74, 6) is 1.41. The third-order valence-electron chi connectivity index (χ3n) is 7.29. The summed E-state index contributed by atoms with van der Waals surface area (Å²) < 4.78 is 7.21. The maximum atomic E-state index is 13.8. The number of aromatic nitrogens is 5. The molecule has 3 aromatic carbocycles. The lowest BCUT2D eigenvalue weighted by Crippen LogP contribution is -2.37. The van der Waals surface area contributed by atoms with E-state index in [9.17, 15) is 4.79 Å². The Morgan fingerprint density at radius 3 is 2.23 bits per heavy atom. The third kappa shape index (κ3) is 5.67. The lowest BCUT2D eigenvalue weighted by molar-refractivity contribution is 0.184. The van der Waals surface area contributed by atoms with Crippen LogP contribution in [-0.4, -0.2) is 37.2 Å². The van der Waals surface area contributed by atoms with Gasteiger partial charge in [0.25, 0.3) is 5.56 Å². The molecule has 8 heteroatoms. The Hall–Kier alpha value is -4.30. The summed E-state index contributed by atoms with van der Waals surface area (Å²) in [7, 11) is 1.66. The molecule has 2 aromatic heterocycles. The van der Waals surface area contributed by atoms with E-state index >= 15 is 0 Å². The summed E-state index contributed by atoms with van der Waals surface area (Å²) >= 11 is 0. The highest BCUT2D eigenvalue weighted by molar-refractivity contribution is 5.81. The highest BCUT2D eigenvalue weighted by Gasteiger charge is 2.33. The van der Waals surface area contributed by atoms with Crippen LogP contribution in [0.2, 0.25) is 0 Å². The average Bonchev–Trinajstić information content (AvgIpc) is 3.42. The minimum Gasteiger partial charge on any atom is -0.497 e. The van der Waals surface area contributed by atoms with Gasteiger partial charge < -0.3 is 9.72 Å². The molecule has 40 heavy (non-hydrogen) atoms. The van der Waals surface area contributed by atoms with Crippen LogP contribution in [0.25, 0.3) is 10.9 Å². The van der Waals surface area contributed by atoms with Crippen LogP contribution in [0.4, 0.5) is 0 Å². The molecule has 0 bridgehead atoms. The largest absolute Gasteiger partial charge is 0.497 e. The zero-order valence-electron chi connectivity index (χ0n) is 24.0. The number of pyridine rings is 1. The molecule has 1 atom stereocenters. The van der Waals surface area contributed by atoms with Gasteiger partial charge in [0.2, 0.25) is 0 Å². The number of aryl methyl sites for hydroxylation is 2. The third-order valence-corrected chi connectivity index (χ3v) is 7.29. The van der Waals surface area contributed by atoms with Crippen LogP contribution < -0.4 is 10.3 Å². The Morgan fingerprint density at radius 1 is 0.925 bits per heavy atom. The quantitative estimate of drug-likeness (QED) is 0.274. The summed E-state index contributed by atoms with van der Waals surface area (Å²) in [6.45, 7) is 11.5. The molecule has 5 aromatic rings. The van der Waals surface area contributed by atoms with E-state index in [4.69, 9.17) is 4.74 Å². The number of hydrogen-bond donors (Lipinski definition) is 1. The first kappa shape index (κ1) is 27.3. The molecule has 0 fully saturated rings. The number of aromatic amines is 1. The summed E-state index contributed by atoms with van der Waals surface area (Å²) in [6, 6.07) is 23.9. The van der Waals surface area contributed by atoms with Crippen LogP contribution in [-0.2, 0) is 18.6 Å². The topological polar surface area (TPSA) is 88.9 Å². The molecule has 8 nitrogen and oxygen atoms in total. The first-order valence-corrected chi connectivity index (χ1v) is 13.5. The van der Waals surface area contributed by atoms with Crippen molar-refractivity contribution in [3.63, 3.8) is 0 Å². The maximum absolute atomic E-state index is 13.8. The Balaban J connectivity index is 1.72. The van der Waals surface area contributed by atoms with Gasteiger partial charge in [-0.2, -0.15) is 0 Å². The molecule has 0 amide bonds. The van der Waals surface area contributed by atoms with Crippen molar-refractivity contribution in [2.24, 2.45) is 0 Å². The fraction of sp³-hybridized carbons (Fsp3) is 0.312. The zero-order valence-corrected chi connectivity index (χ0v) is 24.0. The van der Waals surface area contributed by atoms with Gasteiger partial charge >= 0.3 is 0 Å². The molecular formula is C32H36N6O2. The van der Waals surface area contributed by atoms with Gasteiger partial charge in [0, 0.05) is 24.2 Å². The standard InChI is InChI=1S/C32H36N6O2/c1-21-16-25-18-27(31(39)33-28(25)17-22(21)2)29(30-34-35-36-38(30)32(3,4)5)37(19-23-10-8-7-9-11-23)20-24-12-14-26(40-6)15-13-24/h7-18,29H,19-20H2,1-6H3,(H,33,39)/t29-/m0/s1. The number of nitrogens with zero attached hydrogens (tertiary/aromatic N) is 5. The second kappa shape index (κ2) is 11.1. The van der Waals surface area contributed by atoms with Crippen LogP contribution in [0.5, 0.6) is 5.75 Å². The zero-order chi connectivity index (χ0) is 28.4. The van der Waals surface area contributed by atoms with E-state index in [0.717, 1.165) is 33.3 Å².